The van der Waals surface area contributed by atoms with Crippen LogP contribution in [-0.4, -0.2) is 43.0 Å². The maximum absolute atomic E-state index is 13.0. The number of unbranched alkanes of at least 4 members (excludes halogenated alkanes) is 1. The highest BCUT2D eigenvalue weighted by Crippen LogP contribution is 2.48. The molecule has 2 aliphatic rings. The molecule has 2 saturated heterocycles. The van der Waals surface area contributed by atoms with Crippen LogP contribution in [0.25, 0.3) is 0 Å². The molecule has 0 saturated carbocycles. The largest absolute Gasteiger partial charge is 0.497 e. The van der Waals surface area contributed by atoms with Gasteiger partial charge >= 0.3 is 5.97 Å². The van der Waals surface area contributed by atoms with Crippen molar-refractivity contribution in [3.05, 3.63) is 29.8 Å². The summed E-state index contributed by atoms with van der Waals surface area (Å²) in [6, 6.07) is 8.16. The Morgan fingerprint density at radius 3 is 2.81 bits per heavy atom. The summed E-state index contributed by atoms with van der Waals surface area (Å²) in [5, 5.41) is 0. The molecule has 2 bridgehead atoms. The number of ketones is 1. The van der Waals surface area contributed by atoms with E-state index in [0.29, 0.717) is 12.8 Å². The number of fused-ring (bicyclic) bond motifs is 2. The third-order valence-electron chi connectivity index (χ3n) is 6.10. The lowest BCUT2D eigenvalue weighted by molar-refractivity contribution is -0.167. The van der Waals surface area contributed by atoms with Gasteiger partial charge in [-0.25, -0.2) is 0 Å². The van der Waals surface area contributed by atoms with Crippen molar-refractivity contribution in [3.63, 3.8) is 0 Å². The summed E-state index contributed by atoms with van der Waals surface area (Å²) in [6.07, 6.45) is 4.68. The maximum Gasteiger partial charge on any atom is 0.320 e. The van der Waals surface area contributed by atoms with E-state index in [-0.39, 0.29) is 23.8 Å². The van der Waals surface area contributed by atoms with Crippen LogP contribution >= 0.6 is 0 Å². The maximum atomic E-state index is 13.0. The predicted molar refractivity (Wildman–Crippen MR) is 98.9 cm³/mol. The molecule has 0 amide bonds. The average Bonchev–Trinajstić information content (AvgIpc) is 2.97. The Morgan fingerprint density at radius 1 is 1.31 bits per heavy atom. The number of rotatable bonds is 7. The Kier molecular flexibility index (Phi) is 5.66. The lowest BCUT2D eigenvalue weighted by Gasteiger charge is -2.45. The number of Topliss-reactive ketones (excluding diaryl/α,β-unsaturated/α-hetero) is 1. The first kappa shape index (κ1) is 18.9. The Hall–Kier alpha value is -1.88. The fourth-order valence-corrected chi connectivity index (χ4v) is 4.78. The quantitative estimate of drug-likeness (QED) is 0.552. The third kappa shape index (κ3) is 3.13. The third-order valence-corrected chi connectivity index (χ3v) is 6.10. The number of carbonyl (C=O) groups is 2. The van der Waals surface area contributed by atoms with Gasteiger partial charge in [-0.2, -0.15) is 0 Å². The van der Waals surface area contributed by atoms with Crippen molar-refractivity contribution in [3.8, 4) is 5.75 Å². The molecule has 0 spiro atoms. The molecule has 3 rings (SSSR count). The van der Waals surface area contributed by atoms with Gasteiger partial charge in [0.05, 0.1) is 14.2 Å². The molecule has 0 aliphatic carbocycles. The van der Waals surface area contributed by atoms with Gasteiger partial charge in [0, 0.05) is 25.0 Å². The van der Waals surface area contributed by atoms with E-state index in [4.69, 9.17) is 9.47 Å². The molecule has 2 aliphatic heterocycles. The van der Waals surface area contributed by atoms with Gasteiger partial charge in [-0.1, -0.05) is 31.9 Å². The molecular formula is C21H29NO4. The SMILES string of the molecule is CCCC[C@]1(C(=O)OC)C(=O)C[C@H]2CC[C@@H]1N2Cc1cccc(OC)c1. The standard InChI is InChI=1S/C21H29NO4/c1-4-5-11-21(20(24)26-3)18-10-9-16(13-19(21)23)22(18)14-15-7-6-8-17(12-15)25-2/h6-8,12,16,18H,4-5,9-11,13-14H2,1-3H3/t16-,18+,21-/m1/s1. The first-order chi connectivity index (χ1) is 12.6. The lowest BCUT2D eigenvalue weighted by atomic mass is 9.69. The van der Waals surface area contributed by atoms with E-state index in [1.165, 1.54) is 7.11 Å². The van der Waals surface area contributed by atoms with E-state index >= 15 is 0 Å². The van der Waals surface area contributed by atoms with E-state index in [2.05, 4.69) is 17.9 Å². The van der Waals surface area contributed by atoms with Crippen molar-refractivity contribution in [2.24, 2.45) is 5.41 Å². The average molecular weight is 359 g/mol. The summed E-state index contributed by atoms with van der Waals surface area (Å²) >= 11 is 0. The second-order valence-corrected chi connectivity index (χ2v) is 7.46. The minimum absolute atomic E-state index is 0.0704. The molecule has 5 nitrogen and oxygen atoms in total. The Labute approximate surface area is 155 Å². The number of hydrogen-bond acceptors (Lipinski definition) is 5. The Balaban J connectivity index is 1.92. The second-order valence-electron chi connectivity index (χ2n) is 7.46. The van der Waals surface area contributed by atoms with E-state index in [1.54, 1.807) is 7.11 Å². The predicted octanol–water partition coefficient (Wildman–Crippen LogP) is 3.35. The van der Waals surface area contributed by atoms with Gasteiger partial charge in [0.15, 0.2) is 5.78 Å². The number of ether oxygens (including phenoxy) is 2. The van der Waals surface area contributed by atoms with Crippen LogP contribution in [0.2, 0.25) is 0 Å². The molecule has 1 aromatic carbocycles. The highest BCUT2D eigenvalue weighted by molar-refractivity contribution is 6.05. The van der Waals surface area contributed by atoms with Gasteiger partial charge in [-0.05, 0) is 37.0 Å². The molecule has 142 valence electrons. The zero-order valence-corrected chi connectivity index (χ0v) is 16.0. The molecule has 1 aromatic rings. The summed E-state index contributed by atoms with van der Waals surface area (Å²) in [7, 11) is 3.06. The van der Waals surface area contributed by atoms with E-state index in [9.17, 15) is 9.59 Å². The summed E-state index contributed by atoms with van der Waals surface area (Å²) in [5.74, 6) is 0.553. The van der Waals surface area contributed by atoms with Crippen LogP contribution in [0.15, 0.2) is 24.3 Å². The molecule has 0 radical (unpaired) electrons. The minimum Gasteiger partial charge on any atom is -0.497 e. The first-order valence-electron chi connectivity index (χ1n) is 9.57. The van der Waals surface area contributed by atoms with Crippen LogP contribution in [0.4, 0.5) is 0 Å². The van der Waals surface area contributed by atoms with Crippen LogP contribution in [0.1, 0.15) is 51.0 Å². The smallest absolute Gasteiger partial charge is 0.320 e. The molecule has 26 heavy (non-hydrogen) atoms. The van der Waals surface area contributed by atoms with E-state index in [0.717, 1.165) is 43.5 Å². The number of piperidine rings is 1. The monoisotopic (exact) mass is 359 g/mol. The highest BCUT2D eigenvalue weighted by Gasteiger charge is 2.60. The van der Waals surface area contributed by atoms with Crippen LogP contribution in [0, 0.1) is 5.41 Å². The highest BCUT2D eigenvalue weighted by atomic mass is 16.5. The minimum atomic E-state index is -1.00. The van der Waals surface area contributed by atoms with Crippen molar-refractivity contribution in [2.45, 2.75) is 64.1 Å². The molecule has 0 aromatic heterocycles. The molecule has 0 unspecified atom stereocenters. The van der Waals surface area contributed by atoms with Crippen LogP contribution in [0.5, 0.6) is 5.75 Å². The van der Waals surface area contributed by atoms with Crippen molar-refractivity contribution in [1.82, 2.24) is 4.90 Å². The molecule has 0 N–H and O–H groups in total. The number of esters is 1. The van der Waals surface area contributed by atoms with Gasteiger partial charge in [-0.15, -0.1) is 0 Å². The van der Waals surface area contributed by atoms with Crippen LogP contribution in [-0.2, 0) is 20.9 Å². The number of hydrogen-bond donors (Lipinski definition) is 0. The molecule has 2 fully saturated rings. The van der Waals surface area contributed by atoms with Gasteiger partial charge in [0.25, 0.3) is 0 Å². The van der Waals surface area contributed by atoms with Crippen LogP contribution < -0.4 is 4.74 Å². The normalized spacial score (nSPS) is 28.2. The zero-order chi connectivity index (χ0) is 18.7. The van der Waals surface area contributed by atoms with Gasteiger partial charge in [0.1, 0.15) is 11.2 Å². The van der Waals surface area contributed by atoms with E-state index in [1.807, 2.05) is 18.2 Å². The van der Waals surface area contributed by atoms with Crippen molar-refractivity contribution in [2.75, 3.05) is 14.2 Å². The second kappa shape index (κ2) is 7.78. The first-order valence-corrected chi connectivity index (χ1v) is 9.57. The van der Waals surface area contributed by atoms with E-state index < -0.39 is 5.41 Å². The van der Waals surface area contributed by atoms with Crippen LogP contribution in [0.3, 0.4) is 0 Å². The van der Waals surface area contributed by atoms with Gasteiger partial charge < -0.3 is 9.47 Å². The summed E-state index contributed by atoms with van der Waals surface area (Å²) in [4.78, 5) is 28.2. The fourth-order valence-electron chi connectivity index (χ4n) is 4.78. The molecule has 3 atom stereocenters. The molecular weight excluding hydrogens is 330 g/mol. The van der Waals surface area contributed by atoms with Crippen molar-refractivity contribution < 1.29 is 19.1 Å². The number of benzene rings is 1. The fraction of sp³-hybridized carbons (Fsp3) is 0.619. The zero-order valence-electron chi connectivity index (χ0n) is 16.0. The van der Waals surface area contributed by atoms with Crippen molar-refractivity contribution >= 4 is 11.8 Å². The molecule has 5 heteroatoms. The summed E-state index contributed by atoms with van der Waals surface area (Å²) in [5.41, 5.74) is 0.140. The topological polar surface area (TPSA) is 55.8 Å². The number of nitrogens with zero attached hydrogens (tertiary/aromatic N) is 1. The van der Waals surface area contributed by atoms with Crippen molar-refractivity contribution in [1.29, 1.82) is 0 Å². The Bertz CT molecular complexity index is 674. The summed E-state index contributed by atoms with van der Waals surface area (Å²) < 4.78 is 10.5. The van der Waals surface area contributed by atoms with Gasteiger partial charge in [-0.3, -0.25) is 14.5 Å². The molecule has 2 heterocycles. The Morgan fingerprint density at radius 2 is 2.12 bits per heavy atom. The summed E-state index contributed by atoms with van der Waals surface area (Å²) in [6.45, 7) is 2.81. The number of carbonyl (C=O) groups excluding carboxylic acids is 2. The van der Waals surface area contributed by atoms with Gasteiger partial charge in [0.2, 0.25) is 0 Å². The lowest BCUT2D eigenvalue weighted by Crippen LogP contribution is -2.60. The number of methoxy groups -OCH3 is 2.